The van der Waals surface area contributed by atoms with Crippen molar-refractivity contribution in [3.8, 4) is 11.5 Å². The average Bonchev–Trinajstić information content (AvgIpc) is 3.02. The van der Waals surface area contributed by atoms with Crippen LogP contribution in [0.2, 0.25) is 0 Å². The quantitative estimate of drug-likeness (QED) is 0.713. The van der Waals surface area contributed by atoms with Gasteiger partial charge in [0.1, 0.15) is 5.69 Å². The maximum absolute atomic E-state index is 5.53. The first-order valence-corrected chi connectivity index (χ1v) is 6.83. The Bertz CT molecular complexity index is 761. The number of aryl methyl sites for hydroxylation is 2. The summed E-state index contributed by atoms with van der Waals surface area (Å²) in [5.41, 5.74) is 7.73. The van der Waals surface area contributed by atoms with Gasteiger partial charge in [0.2, 0.25) is 0 Å². The molecule has 20 heavy (non-hydrogen) atoms. The normalized spacial score (nSPS) is 14.7. The second-order valence-electron chi connectivity index (χ2n) is 5.37. The highest BCUT2D eigenvalue weighted by Crippen LogP contribution is 2.27. The van der Waals surface area contributed by atoms with Crippen LogP contribution < -0.4 is 0 Å². The van der Waals surface area contributed by atoms with Gasteiger partial charge in [0, 0.05) is 17.7 Å². The largest absolute Gasteiger partial charge is 0.376 e. The van der Waals surface area contributed by atoms with Crippen LogP contribution in [0.4, 0.5) is 0 Å². The average molecular weight is 268 g/mol. The van der Waals surface area contributed by atoms with Crippen molar-refractivity contribution >= 4 is 11.0 Å². The van der Waals surface area contributed by atoms with Gasteiger partial charge in [-0.05, 0) is 37.1 Å². The van der Waals surface area contributed by atoms with Gasteiger partial charge in [0.15, 0.2) is 5.82 Å². The molecule has 0 fully saturated rings. The van der Waals surface area contributed by atoms with Gasteiger partial charge < -0.3 is 9.72 Å². The molecular weight excluding hydrogens is 252 g/mol. The van der Waals surface area contributed by atoms with Crippen molar-refractivity contribution in [2.75, 3.05) is 6.61 Å². The third-order valence-electron chi connectivity index (χ3n) is 4.02. The summed E-state index contributed by atoms with van der Waals surface area (Å²) in [5.74, 6) is 0.813. The number of ether oxygens (including phenoxy) is 1. The molecule has 5 heteroatoms. The molecule has 0 saturated heterocycles. The summed E-state index contributed by atoms with van der Waals surface area (Å²) in [4.78, 5) is 8.04. The minimum atomic E-state index is 0.607. The van der Waals surface area contributed by atoms with Crippen LogP contribution in [0.3, 0.4) is 0 Å². The van der Waals surface area contributed by atoms with E-state index in [2.05, 4.69) is 46.1 Å². The van der Waals surface area contributed by atoms with E-state index in [-0.39, 0.29) is 0 Å². The van der Waals surface area contributed by atoms with Crippen molar-refractivity contribution in [1.29, 1.82) is 0 Å². The van der Waals surface area contributed by atoms with Crippen LogP contribution >= 0.6 is 0 Å². The van der Waals surface area contributed by atoms with Crippen molar-refractivity contribution < 1.29 is 4.74 Å². The number of aromatic nitrogens is 4. The summed E-state index contributed by atoms with van der Waals surface area (Å²) in [6.07, 6.45) is 0.890. The number of imidazole rings is 1. The molecule has 3 heterocycles. The van der Waals surface area contributed by atoms with E-state index in [1.54, 1.807) is 0 Å². The Balaban J connectivity index is 1.88. The predicted molar refractivity (Wildman–Crippen MR) is 76.5 cm³/mol. The predicted octanol–water partition coefficient (Wildman–Crippen LogP) is 2.64. The van der Waals surface area contributed by atoms with Crippen LogP contribution in [-0.4, -0.2) is 26.8 Å². The van der Waals surface area contributed by atoms with E-state index in [1.807, 2.05) is 0 Å². The molecule has 102 valence electrons. The van der Waals surface area contributed by atoms with Gasteiger partial charge >= 0.3 is 0 Å². The molecule has 0 amide bonds. The van der Waals surface area contributed by atoms with Gasteiger partial charge in [-0.2, -0.15) is 5.10 Å². The molecule has 0 aliphatic carbocycles. The Morgan fingerprint density at radius 3 is 2.95 bits per heavy atom. The molecule has 2 aromatic heterocycles. The van der Waals surface area contributed by atoms with Crippen molar-refractivity contribution in [1.82, 2.24) is 20.2 Å². The van der Waals surface area contributed by atoms with Crippen LogP contribution in [0.5, 0.6) is 0 Å². The molecule has 1 aliphatic heterocycles. The van der Waals surface area contributed by atoms with E-state index in [0.717, 1.165) is 41.1 Å². The molecule has 4 rings (SSSR count). The molecule has 0 atom stereocenters. The zero-order valence-corrected chi connectivity index (χ0v) is 11.6. The maximum atomic E-state index is 5.53. The number of aromatic amines is 2. The first-order valence-electron chi connectivity index (χ1n) is 6.83. The van der Waals surface area contributed by atoms with Gasteiger partial charge in [0.05, 0.1) is 24.2 Å². The Labute approximate surface area is 116 Å². The smallest absolute Gasteiger partial charge is 0.159 e. The summed E-state index contributed by atoms with van der Waals surface area (Å²) < 4.78 is 5.53. The lowest BCUT2D eigenvalue weighted by molar-refractivity contribution is 0.110. The molecule has 2 N–H and O–H groups in total. The van der Waals surface area contributed by atoms with E-state index >= 15 is 0 Å². The van der Waals surface area contributed by atoms with E-state index in [1.165, 1.54) is 16.8 Å². The Hall–Kier alpha value is -2.14. The molecule has 0 unspecified atom stereocenters. The van der Waals surface area contributed by atoms with Crippen LogP contribution in [0.15, 0.2) is 12.1 Å². The summed E-state index contributed by atoms with van der Waals surface area (Å²) in [6, 6.07) is 4.25. The van der Waals surface area contributed by atoms with Gasteiger partial charge in [-0.3, -0.25) is 5.10 Å². The zero-order valence-electron chi connectivity index (χ0n) is 11.6. The number of hydrogen-bond donors (Lipinski definition) is 2. The summed E-state index contributed by atoms with van der Waals surface area (Å²) in [5, 5.41) is 7.51. The molecule has 0 spiro atoms. The van der Waals surface area contributed by atoms with E-state index in [9.17, 15) is 0 Å². The van der Waals surface area contributed by atoms with Crippen LogP contribution in [0.1, 0.15) is 22.4 Å². The molecule has 5 nitrogen and oxygen atoms in total. The lowest BCUT2D eigenvalue weighted by Gasteiger charge is -2.11. The first kappa shape index (κ1) is 11.7. The van der Waals surface area contributed by atoms with Crippen molar-refractivity contribution in [3.63, 3.8) is 0 Å². The summed E-state index contributed by atoms with van der Waals surface area (Å²) in [7, 11) is 0. The number of rotatable bonds is 1. The monoisotopic (exact) mass is 268 g/mol. The fourth-order valence-electron chi connectivity index (χ4n) is 2.69. The molecule has 1 aliphatic rings. The number of hydrogen-bond acceptors (Lipinski definition) is 3. The van der Waals surface area contributed by atoms with E-state index in [0.29, 0.717) is 6.61 Å². The lowest BCUT2D eigenvalue weighted by Crippen LogP contribution is -2.09. The number of fused-ring (bicyclic) bond motifs is 2. The second kappa shape index (κ2) is 4.18. The van der Waals surface area contributed by atoms with Crippen LogP contribution in [0, 0.1) is 13.8 Å². The fraction of sp³-hybridized carbons (Fsp3) is 0.333. The number of benzene rings is 1. The van der Waals surface area contributed by atoms with Gasteiger partial charge in [-0.15, -0.1) is 0 Å². The molecular formula is C15H16N4O. The Morgan fingerprint density at radius 1 is 1.20 bits per heavy atom. The molecule has 0 radical (unpaired) electrons. The maximum Gasteiger partial charge on any atom is 0.159 e. The highest BCUT2D eigenvalue weighted by atomic mass is 16.5. The zero-order chi connectivity index (χ0) is 13.7. The topological polar surface area (TPSA) is 66.6 Å². The van der Waals surface area contributed by atoms with Crippen molar-refractivity contribution in [2.24, 2.45) is 0 Å². The number of nitrogens with zero attached hydrogens (tertiary/aromatic N) is 2. The second-order valence-corrected chi connectivity index (χ2v) is 5.37. The molecule has 3 aromatic rings. The Kier molecular flexibility index (Phi) is 2.44. The van der Waals surface area contributed by atoms with Crippen LogP contribution in [0.25, 0.3) is 22.6 Å². The molecule has 0 saturated carbocycles. The van der Waals surface area contributed by atoms with Gasteiger partial charge in [-0.1, -0.05) is 0 Å². The number of H-pyrrole nitrogens is 2. The molecule has 0 bridgehead atoms. The summed E-state index contributed by atoms with van der Waals surface area (Å²) in [6.45, 7) is 5.58. The van der Waals surface area contributed by atoms with E-state index in [4.69, 9.17) is 4.74 Å². The van der Waals surface area contributed by atoms with E-state index < -0.39 is 0 Å². The van der Waals surface area contributed by atoms with Crippen molar-refractivity contribution in [2.45, 2.75) is 26.9 Å². The minimum absolute atomic E-state index is 0.607. The molecule has 1 aromatic carbocycles. The van der Waals surface area contributed by atoms with Crippen molar-refractivity contribution in [3.05, 3.63) is 34.5 Å². The standard InChI is InChI=1S/C15H16N4O/c1-8-5-12-13(6-9(8)2)17-15(16-12)14-10-7-20-4-3-11(10)18-19-14/h5-6H,3-4,7H2,1-2H3,(H,16,17)(H,18,19). The van der Waals surface area contributed by atoms with Gasteiger partial charge in [-0.25, -0.2) is 4.98 Å². The highest BCUT2D eigenvalue weighted by Gasteiger charge is 2.20. The lowest BCUT2D eigenvalue weighted by atomic mass is 10.1. The fourth-order valence-corrected chi connectivity index (χ4v) is 2.69. The first-order chi connectivity index (χ1) is 9.72. The Morgan fingerprint density at radius 2 is 2.05 bits per heavy atom. The van der Waals surface area contributed by atoms with Crippen LogP contribution in [-0.2, 0) is 17.8 Å². The third-order valence-corrected chi connectivity index (χ3v) is 4.02. The summed E-state index contributed by atoms with van der Waals surface area (Å²) >= 11 is 0. The highest BCUT2D eigenvalue weighted by molar-refractivity contribution is 5.80. The minimum Gasteiger partial charge on any atom is -0.376 e. The number of nitrogens with one attached hydrogen (secondary N) is 2. The van der Waals surface area contributed by atoms with Gasteiger partial charge in [0.25, 0.3) is 0 Å². The SMILES string of the molecule is Cc1cc2nc(-c3n[nH]c4c3COCC4)[nH]c2cc1C. The third kappa shape index (κ3) is 1.67.